The first kappa shape index (κ1) is 15.8. The normalized spacial score (nSPS) is 12.1. The van der Waals surface area contributed by atoms with E-state index < -0.39 is 11.7 Å². The molecule has 2 aromatic rings. The molecule has 0 aliphatic heterocycles. The van der Waals surface area contributed by atoms with Gasteiger partial charge in [-0.15, -0.1) is 0 Å². The Kier molecular flexibility index (Phi) is 4.60. The maximum absolute atomic E-state index is 12.5. The maximum Gasteiger partial charge on any atom is 0.416 e. The number of hydrogen-bond donors (Lipinski definition) is 1. The summed E-state index contributed by atoms with van der Waals surface area (Å²) in [4.78, 5) is 11.8. The molecule has 0 radical (unpaired) electrons. The van der Waals surface area contributed by atoms with E-state index >= 15 is 0 Å². The number of rotatable bonds is 3. The zero-order valence-electron chi connectivity index (χ0n) is 11.7. The quantitative estimate of drug-likeness (QED) is 0.679. The monoisotopic (exact) mass is 306 g/mol. The average molecular weight is 306 g/mol. The third kappa shape index (κ3) is 3.94. The van der Waals surface area contributed by atoms with E-state index in [-0.39, 0.29) is 5.91 Å². The van der Waals surface area contributed by atoms with E-state index in [1.54, 1.807) is 37.3 Å². The summed E-state index contributed by atoms with van der Waals surface area (Å²) in [5, 5.41) is 3.90. The number of amides is 1. The first-order valence-electron chi connectivity index (χ1n) is 6.45. The van der Waals surface area contributed by atoms with E-state index in [0.717, 1.165) is 12.1 Å². The van der Waals surface area contributed by atoms with Crippen LogP contribution < -0.4 is 5.43 Å². The molecule has 0 aliphatic rings. The van der Waals surface area contributed by atoms with Crippen LogP contribution >= 0.6 is 0 Å². The smallest absolute Gasteiger partial charge is 0.267 e. The molecule has 0 aliphatic carbocycles. The summed E-state index contributed by atoms with van der Waals surface area (Å²) >= 11 is 0. The van der Waals surface area contributed by atoms with Crippen LogP contribution in [0.2, 0.25) is 0 Å². The van der Waals surface area contributed by atoms with Crippen LogP contribution in [0.5, 0.6) is 0 Å². The Morgan fingerprint density at radius 3 is 2.09 bits per heavy atom. The summed E-state index contributed by atoms with van der Waals surface area (Å²) in [6.45, 7) is 1.61. The van der Waals surface area contributed by atoms with Crippen molar-refractivity contribution in [1.29, 1.82) is 0 Å². The Labute approximate surface area is 125 Å². The van der Waals surface area contributed by atoms with Gasteiger partial charge in [-0.25, -0.2) is 5.43 Å². The molecule has 114 valence electrons. The highest BCUT2D eigenvalue weighted by atomic mass is 19.4. The molecule has 0 atom stereocenters. The van der Waals surface area contributed by atoms with Gasteiger partial charge in [0.25, 0.3) is 5.91 Å². The molecule has 1 amide bonds. The SMILES string of the molecule is C/C(=N\NC(=O)c1ccccc1)c1ccc(C(F)(F)F)cc1. The zero-order chi connectivity index (χ0) is 16.2. The summed E-state index contributed by atoms with van der Waals surface area (Å²) in [5.41, 5.74) is 3.01. The molecule has 0 saturated carbocycles. The van der Waals surface area contributed by atoms with Crippen molar-refractivity contribution in [2.45, 2.75) is 13.1 Å². The van der Waals surface area contributed by atoms with Gasteiger partial charge in [0.1, 0.15) is 0 Å². The average Bonchev–Trinajstić information content (AvgIpc) is 2.52. The second kappa shape index (κ2) is 6.43. The molecule has 0 saturated heterocycles. The molecule has 1 N–H and O–H groups in total. The lowest BCUT2D eigenvalue weighted by Crippen LogP contribution is -2.19. The first-order valence-corrected chi connectivity index (χ1v) is 6.45. The number of benzene rings is 2. The van der Waals surface area contributed by atoms with Crippen molar-refractivity contribution in [2.24, 2.45) is 5.10 Å². The van der Waals surface area contributed by atoms with Gasteiger partial charge in [0.05, 0.1) is 11.3 Å². The predicted molar refractivity (Wildman–Crippen MR) is 77.6 cm³/mol. The van der Waals surface area contributed by atoms with E-state index in [9.17, 15) is 18.0 Å². The molecule has 0 unspecified atom stereocenters. The van der Waals surface area contributed by atoms with Gasteiger partial charge in [-0.3, -0.25) is 4.79 Å². The minimum atomic E-state index is -4.37. The minimum absolute atomic E-state index is 0.383. The highest BCUT2D eigenvalue weighted by Gasteiger charge is 2.29. The van der Waals surface area contributed by atoms with Crippen molar-refractivity contribution in [3.05, 3.63) is 71.3 Å². The Hall–Kier alpha value is -2.63. The van der Waals surface area contributed by atoms with Crippen molar-refractivity contribution in [2.75, 3.05) is 0 Å². The first-order chi connectivity index (χ1) is 10.4. The Morgan fingerprint density at radius 2 is 1.55 bits per heavy atom. The lowest BCUT2D eigenvalue weighted by Gasteiger charge is -2.07. The van der Waals surface area contributed by atoms with Crippen molar-refractivity contribution in [1.82, 2.24) is 5.43 Å². The van der Waals surface area contributed by atoms with Gasteiger partial charge in [-0.1, -0.05) is 30.3 Å². The van der Waals surface area contributed by atoms with Gasteiger partial charge in [0.15, 0.2) is 0 Å². The van der Waals surface area contributed by atoms with E-state index in [2.05, 4.69) is 10.5 Å². The third-order valence-corrected chi connectivity index (χ3v) is 2.99. The molecule has 0 heterocycles. The zero-order valence-corrected chi connectivity index (χ0v) is 11.7. The molecule has 2 aromatic carbocycles. The molecule has 6 heteroatoms. The third-order valence-electron chi connectivity index (χ3n) is 2.99. The molecule has 22 heavy (non-hydrogen) atoms. The summed E-state index contributed by atoms with van der Waals surface area (Å²) in [7, 11) is 0. The van der Waals surface area contributed by atoms with Crippen LogP contribution in [0.25, 0.3) is 0 Å². The fourth-order valence-corrected chi connectivity index (χ4v) is 1.75. The Bertz CT molecular complexity index is 677. The second-order valence-electron chi connectivity index (χ2n) is 4.58. The molecule has 0 aromatic heterocycles. The van der Waals surface area contributed by atoms with Crippen LogP contribution in [0.4, 0.5) is 13.2 Å². The lowest BCUT2D eigenvalue weighted by atomic mass is 10.1. The van der Waals surface area contributed by atoms with Gasteiger partial charge in [-0.2, -0.15) is 18.3 Å². The number of nitrogens with one attached hydrogen (secondary N) is 1. The lowest BCUT2D eigenvalue weighted by molar-refractivity contribution is -0.137. The molecule has 0 bridgehead atoms. The minimum Gasteiger partial charge on any atom is -0.267 e. The highest BCUT2D eigenvalue weighted by Crippen LogP contribution is 2.29. The number of nitrogens with zero attached hydrogens (tertiary/aromatic N) is 1. The highest BCUT2D eigenvalue weighted by molar-refractivity contribution is 6.00. The number of alkyl halides is 3. The van der Waals surface area contributed by atoms with Crippen LogP contribution in [-0.4, -0.2) is 11.6 Å². The van der Waals surface area contributed by atoms with Crippen LogP contribution in [0.1, 0.15) is 28.4 Å². The fraction of sp³-hybridized carbons (Fsp3) is 0.125. The van der Waals surface area contributed by atoms with E-state index in [4.69, 9.17) is 0 Å². The van der Waals surface area contributed by atoms with E-state index in [1.807, 2.05) is 0 Å². The summed E-state index contributed by atoms with van der Waals surface area (Å²) in [5.74, 6) is -0.383. The van der Waals surface area contributed by atoms with E-state index in [0.29, 0.717) is 16.8 Å². The summed E-state index contributed by atoms with van der Waals surface area (Å²) in [6.07, 6.45) is -4.37. The maximum atomic E-state index is 12.5. The number of halogens is 3. The van der Waals surface area contributed by atoms with Gasteiger partial charge in [0, 0.05) is 5.56 Å². The summed E-state index contributed by atoms with van der Waals surface area (Å²) in [6, 6.07) is 13.1. The number of carbonyl (C=O) groups excluding carboxylic acids is 1. The van der Waals surface area contributed by atoms with Crippen molar-refractivity contribution >= 4 is 11.6 Å². The second-order valence-corrected chi connectivity index (χ2v) is 4.58. The largest absolute Gasteiger partial charge is 0.416 e. The van der Waals surface area contributed by atoms with Gasteiger partial charge in [-0.05, 0) is 36.8 Å². The fourth-order valence-electron chi connectivity index (χ4n) is 1.75. The molecule has 0 spiro atoms. The molecular weight excluding hydrogens is 293 g/mol. The molecular formula is C16H13F3N2O. The number of hydrazone groups is 1. The standard InChI is InChI=1S/C16H13F3N2O/c1-11(12-7-9-14(10-8-12)16(17,18)19)20-21-15(22)13-5-3-2-4-6-13/h2-10H,1H3,(H,21,22)/b20-11+. The molecule has 3 nitrogen and oxygen atoms in total. The van der Waals surface area contributed by atoms with Gasteiger partial charge < -0.3 is 0 Å². The summed E-state index contributed by atoms with van der Waals surface area (Å²) < 4.78 is 37.4. The molecule has 0 fully saturated rings. The van der Waals surface area contributed by atoms with Gasteiger partial charge >= 0.3 is 6.18 Å². The predicted octanol–water partition coefficient (Wildman–Crippen LogP) is 3.86. The van der Waals surface area contributed by atoms with Crippen LogP contribution in [0, 0.1) is 0 Å². The van der Waals surface area contributed by atoms with Crippen molar-refractivity contribution in [3.63, 3.8) is 0 Å². The Balaban J connectivity index is 2.08. The number of carbonyl (C=O) groups is 1. The molecule has 2 rings (SSSR count). The van der Waals surface area contributed by atoms with Crippen LogP contribution in [0.15, 0.2) is 59.7 Å². The topological polar surface area (TPSA) is 41.5 Å². The number of hydrogen-bond acceptors (Lipinski definition) is 2. The van der Waals surface area contributed by atoms with Crippen LogP contribution in [-0.2, 0) is 6.18 Å². The van der Waals surface area contributed by atoms with Gasteiger partial charge in [0.2, 0.25) is 0 Å². The Morgan fingerprint density at radius 1 is 0.955 bits per heavy atom. The van der Waals surface area contributed by atoms with E-state index in [1.165, 1.54) is 12.1 Å². The van der Waals surface area contributed by atoms with Crippen molar-refractivity contribution in [3.8, 4) is 0 Å². The van der Waals surface area contributed by atoms with Crippen molar-refractivity contribution < 1.29 is 18.0 Å². The van der Waals surface area contributed by atoms with Crippen LogP contribution in [0.3, 0.4) is 0 Å².